The molecule has 3 aromatic heterocycles. The van der Waals surface area contributed by atoms with Gasteiger partial charge in [0.15, 0.2) is 0 Å². The molecule has 3 heterocycles. The second-order valence-electron chi connectivity index (χ2n) is 7.46. The predicted molar refractivity (Wildman–Crippen MR) is 114 cm³/mol. The Morgan fingerprint density at radius 3 is 2.73 bits per heavy atom. The molecule has 1 saturated carbocycles. The zero-order valence-electron chi connectivity index (χ0n) is 17.0. The molecule has 1 amide bonds. The molecule has 0 radical (unpaired) electrons. The minimum atomic E-state index is -0.192. The van der Waals surface area contributed by atoms with E-state index in [1.54, 1.807) is 25.5 Å². The molecule has 0 unspecified atom stereocenters. The average Bonchev–Trinajstić information content (AvgIpc) is 2.74. The molecule has 4 N–H and O–H groups in total. The van der Waals surface area contributed by atoms with Crippen LogP contribution < -0.4 is 21.5 Å². The zero-order valence-corrected chi connectivity index (χ0v) is 17.0. The number of aromatic amines is 1. The summed E-state index contributed by atoms with van der Waals surface area (Å²) in [5.74, 6) is -0.192. The first-order chi connectivity index (χ1) is 14.6. The van der Waals surface area contributed by atoms with Gasteiger partial charge in [-0.15, -0.1) is 0 Å². The van der Waals surface area contributed by atoms with Gasteiger partial charge < -0.3 is 20.9 Å². The quantitative estimate of drug-likeness (QED) is 0.466. The van der Waals surface area contributed by atoms with Crippen LogP contribution in [0.25, 0.3) is 11.0 Å². The molecule has 0 spiro atoms. The van der Waals surface area contributed by atoms with Crippen molar-refractivity contribution in [3.8, 4) is 0 Å². The van der Waals surface area contributed by atoms with E-state index in [0.717, 1.165) is 24.2 Å². The topological polar surface area (TPSA) is 125 Å². The molecule has 9 nitrogen and oxygen atoms in total. The maximum atomic E-state index is 12.0. The number of carbonyl (C=O) groups is 1. The Balaban J connectivity index is 1.27. The normalized spacial score (nSPS) is 18.1. The summed E-state index contributed by atoms with van der Waals surface area (Å²) in [6.07, 6.45) is 5.97. The number of amides is 1. The largest absolute Gasteiger partial charge is 0.381 e. The van der Waals surface area contributed by atoms with E-state index in [1.807, 2.05) is 19.1 Å². The highest BCUT2D eigenvalue weighted by Crippen LogP contribution is 2.24. The Kier molecular flexibility index (Phi) is 5.71. The first kappa shape index (κ1) is 20.0. The van der Waals surface area contributed by atoms with E-state index in [2.05, 4.69) is 35.9 Å². The van der Waals surface area contributed by atoms with Gasteiger partial charge in [0.25, 0.3) is 11.5 Å². The lowest BCUT2D eigenvalue weighted by molar-refractivity contribution is 0.0958. The number of aryl methyl sites for hydroxylation is 1. The first-order valence-electron chi connectivity index (χ1n) is 10.1. The summed E-state index contributed by atoms with van der Waals surface area (Å²) in [4.78, 5) is 39.4. The highest BCUT2D eigenvalue weighted by atomic mass is 16.1. The fraction of sp³-hybridized carbons (Fsp3) is 0.381. The Morgan fingerprint density at radius 1 is 1.20 bits per heavy atom. The van der Waals surface area contributed by atoms with Gasteiger partial charge in [-0.25, -0.2) is 9.97 Å². The van der Waals surface area contributed by atoms with Crippen molar-refractivity contribution >= 4 is 22.6 Å². The molecule has 3 aromatic rings. The maximum absolute atomic E-state index is 12.0. The molecule has 4 rings (SSSR count). The minimum absolute atomic E-state index is 0.138. The maximum Gasteiger partial charge on any atom is 0.270 e. The number of nitrogens with one attached hydrogen (secondary N) is 4. The molecule has 1 aliphatic carbocycles. The molecule has 0 saturated heterocycles. The number of hydrogen-bond donors (Lipinski definition) is 4. The lowest BCUT2D eigenvalue weighted by Gasteiger charge is -2.37. The van der Waals surface area contributed by atoms with Crippen molar-refractivity contribution < 1.29 is 4.79 Å². The fourth-order valence-corrected chi connectivity index (χ4v) is 3.54. The van der Waals surface area contributed by atoms with Gasteiger partial charge >= 0.3 is 0 Å². The van der Waals surface area contributed by atoms with Gasteiger partial charge in [0.2, 0.25) is 0 Å². The van der Waals surface area contributed by atoms with E-state index < -0.39 is 0 Å². The van der Waals surface area contributed by atoms with Gasteiger partial charge in [0, 0.05) is 25.7 Å². The summed E-state index contributed by atoms with van der Waals surface area (Å²) in [6.45, 7) is 2.54. The molecule has 0 aliphatic heterocycles. The molecule has 1 fully saturated rings. The van der Waals surface area contributed by atoms with Crippen molar-refractivity contribution in [1.29, 1.82) is 0 Å². The summed E-state index contributed by atoms with van der Waals surface area (Å²) in [6, 6.07) is 6.23. The number of carbonyl (C=O) groups excluding carboxylic acids is 1. The van der Waals surface area contributed by atoms with Crippen LogP contribution in [0.15, 0.2) is 35.4 Å². The van der Waals surface area contributed by atoms with Crippen LogP contribution in [0.3, 0.4) is 0 Å². The number of fused-ring (bicyclic) bond motifs is 1. The van der Waals surface area contributed by atoms with E-state index in [1.165, 1.54) is 0 Å². The summed E-state index contributed by atoms with van der Waals surface area (Å²) >= 11 is 0. The Bertz CT molecular complexity index is 1100. The third-order valence-electron chi connectivity index (χ3n) is 5.34. The fourth-order valence-electron chi connectivity index (χ4n) is 3.54. The number of aromatic nitrogens is 4. The minimum Gasteiger partial charge on any atom is -0.381 e. The second-order valence-corrected chi connectivity index (χ2v) is 7.46. The SMILES string of the molecule is CCc1nc2cnc(CNC3CC(Nc4ccc(C(=O)NC)nc4)C3)cc2[nH]c1=O. The van der Waals surface area contributed by atoms with Crippen LogP contribution >= 0.6 is 0 Å². The number of anilines is 1. The van der Waals surface area contributed by atoms with Gasteiger partial charge in [-0.1, -0.05) is 6.92 Å². The Hall–Kier alpha value is -3.33. The molecule has 156 valence electrons. The van der Waals surface area contributed by atoms with Gasteiger partial charge in [0.05, 0.1) is 29.3 Å². The average molecular weight is 407 g/mol. The Labute approximate surface area is 173 Å². The van der Waals surface area contributed by atoms with Gasteiger partial charge in [-0.2, -0.15) is 0 Å². The lowest BCUT2D eigenvalue weighted by atomic mass is 9.86. The zero-order chi connectivity index (χ0) is 21.1. The number of H-pyrrole nitrogens is 1. The Morgan fingerprint density at radius 2 is 2.03 bits per heavy atom. The van der Waals surface area contributed by atoms with Crippen molar-refractivity contribution in [1.82, 2.24) is 30.6 Å². The van der Waals surface area contributed by atoms with E-state index in [-0.39, 0.29) is 11.5 Å². The van der Waals surface area contributed by atoms with Crippen LogP contribution in [-0.4, -0.2) is 45.0 Å². The third kappa shape index (κ3) is 4.30. The summed E-state index contributed by atoms with van der Waals surface area (Å²) in [7, 11) is 1.59. The standard InChI is InChI=1S/C21H25N7O2/c1-3-16-21(30)28-18-8-15(24-11-19(18)27-16)10-23-13-6-14(7-13)26-12-4-5-17(25-9-12)20(29)22-2/h4-5,8-9,11,13-14,23,26H,3,6-7,10H2,1-2H3,(H,22,29)(H,28,30). The predicted octanol–water partition coefficient (Wildman–Crippen LogP) is 1.37. The first-order valence-corrected chi connectivity index (χ1v) is 10.1. The highest BCUT2D eigenvalue weighted by Gasteiger charge is 2.28. The number of pyridine rings is 2. The van der Waals surface area contributed by atoms with Crippen molar-refractivity contribution in [2.24, 2.45) is 0 Å². The van der Waals surface area contributed by atoms with E-state index in [4.69, 9.17) is 0 Å². The third-order valence-corrected chi connectivity index (χ3v) is 5.34. The van der Waals surface area contributed by atoms with Gasteiger partial charge in [0.1, 0.15) is 16.9 Å². The molecule has 1 aliphatic rings. The monoisotopic (exact) mass is 407 g/mol. The smallest absolute Gasteiger partial charge is 0.270 e. The van der Waals surface area contributed by atoms with Gasteiger partial charge in [-0.3, -0.25) is 14.6 Å². The van der Waals surface area contributed by atoms with E-state index >= 15 is 0 Å². The summed E-state index contributed by atoms with van der Waals surface area (Å²) < 4.78 is 0. The molecule has 0 bridgehead atoms. The lowest BCUT2D eigenvalue weighted by Crippen LogP contribution is -2.47. The van der Waals surface area contributed by atoms with Gasteiger partial charge in [-0.05, 0) is 37.5 Å². The van der Waals surface area contributed by atoms with Crippen molar-refractivity contribution in [2.75, 3.05) is 12.4 Å². The van der Waals surface area contributed by atoms with Crippen LogP contribution in [-0.2, 0) is 13.0 Å². The van der Waals surface area contributed by atoms with Crippen LogP contribution in [0.2, 0.25) is 0 Å². The van der Waals surface area contributed by atoms with Crippen LogP contribution in [0.1, 0.15) is 41.6 Å². The summed E-state index contributed by atoms with van der Waals surface area (Å²) in [5, 5.41) is 9.49. The summed E-state index contributed by atoms with van der Waals surface area (Å²) in [5.41, 5.74) is 3.99. The molecular formula is C21H25N7O2. The second kappa shape index (κ2) is 8.58. The number of rotatable bonds is 7. The van der Waals surface area contributed by atoms with Crippen molar-refractivity contribution in [3.63, 3.8) is 0 Å². The molecule has 0 atom stereocenters. The molecule has 0 aromatic carbocycles. The van der Waals surface area contributed by atoms with E-state index in [0.29, 0.717) is 47.5 Å². The van der Waals surface area contributed by atoms with Crippen LogP contribution in [0.4, 0.5) is 5.69 Å². The highest BCUT2D eigenvalue weighted by molar-refractivity contribution is 5.92. The number of hydrogen-bond acceptors (Lipinski definition) is 7. The number of nitrogens with zero attached hydrogens (tertiary/aromatic N) is 3. The van der Waals surface area contributed by atoms with E-state index in [9.17, 15) is 9.59 Å². The van der Waals surface area contributed by atoms with Crippen LogP contribution in [0.5, 0.6) is 0 Å². The molecular weight excluding hydrogens is 382 g/mol. The van der Waals surface area contributed by atoms with Crippen molar-refractivity contribution in [2.45, 2.75) is 44.8 Å². The van der Waals surface area contributed by atoms with Crippen molar-refractivity contribution in [3.05, 3.63) is 58.0 Å². The molecule has 30 heavy (non-hydrogen) atoms. The molecule has 9 heteroatoms. The van der Waals surface area contributed by atoms with Crippen LogP contribution in [0, 0.1) is 0 Å².